The van der Waals surface area contributed by atoms with Crippen molar-refractivity contribution in [1.82, 2.24) is 10.6 Å². The Hall–Kier alpha value is -1.14. The van der Waals surface area contributed by atoms with Gasteiger partial charge in [0.05, 0.1) is 23.3 Å². The molecule has 4 N–H and O–H groups in total. The molecule has 174 valence electrons. The van der Waals surface area contributed by atoms with Gasteiger partial charge in [-0.25, -0.2) is 0 Å². The molecule has 0 radical (unpaired) electrons. The minimum absolute atomic E-state index is 0.396. The van der Waals surface area contributed by atoms with Crippen LogP contribution in [0.4, 0.5) is 0 Å². The fraction of sp³-hybridized carbons (Fsp3) is 0.917. The Balaban J connectivity index is 2.16. The summed E-state index contributed by atoms with van der Waals surface area (Å²) in [4.78, 5) is 25.8. The highest BCUT2D eigenvalue weighted by molar-refractivity contribution is 6.35. The smallest absolute Gasteiger partial charge is 0.309 e. The lowest BCUT2D eigenvalue weighted by Gasteiger charge is -2.47. The number of aliphatic hydroxyl groups is 2. The highest BCUT2D eigenvalue weighted by Crippen LogP contribution is 2.39. The zero-order chi connectivity index (χ0) is 22.8. The van der Waals surface area contributed by atoms with E-state index in [9.17, 15) is 19.8 Å². The summed E-state index contributed by atoms with van der Waals surface area (Å²) in [5, 5.41) is 28.2. The number of nitrogens with one attached hydrogen (secondary N) is 2. The highest BCUT2D eigenvalue weighted by Gasteiger charge is 2.48. The molecule has 0 bridgehead atoms. The van der Waals surface area contributed by atoms with Gasteiger partial charge in [-0.2, -0.15) is 0 Å². The zero-order valence-electron chi connectivity index (χ0n) is 19.9. The molecule has 6 heteroatoms. The monoisotopic (exact) mass is 424 g/mol. The Morgan fingerprint density at radius 3 is 1.13 bits per heavy atom. The van der Waals surface area contributed by atoms with E-state index in [4.69, 9.17) is 0 Å². The van der Waals surface area contributed by atoms with Gasteiger partial charge in [0.25, 0.3) is 0 Å². The molecule has 2 aliphatic carbocycles. The number of rotatable bonds is 4. The third-order valence-electron chi connectivity index (χ3n) is 7.00. The van der Waals surface area contributed by atoms with Gasteiger partial charge in [0.2, 0.25) is 0 Å². The van der Waals surface area contributed by atoms with Crippen molar-refractivity contribution in [2.75, 3.05) is 0 Å². The molecule has 30 heavy (non-hydrogen) atoms. The van der Waals surface area contributed by atoms with E-state index in [1.54, 1.807) is 0 Å². The van der Waals surface area contributed by atoms with E-state index in [1.807, 2.05) is 41.5 Å². The van der Waals surface area contributed by atoms with Crippen LogP contribution < -0.4 is 10.6 Å². The summed E-state index contributed by atoms with van der Waals surface area (Å²) in [6.45, 7) is 11.9. The van der Waals surface area contributed by atoms with E-state index in [0.717, 1.165) is 38.5 Å². The molecule has 6 nitrogen and oxygen atoms in total. The van der Waals surface area contributed by atoms with E-state index in [0.29, 0.717) is 25.7 Å². The normalized spacial score (nSPS) is 23.9. The molecule has 0 aromatic heterocycles. The van der Waals surface area contributed by atoms with E-state index in [2.05, 4.69) is 10.6 Å². The van der Waals surface area contributed by atoms with Crippen molar-refractivity contribution in [1.29, 1.82) is 0 Å². The van der Waals surface area contributed by atoms with Crippen LogP contribution in [0.15, 0.2) is 0 Å². The summed E-state index contributed by atoms with van der Waals surface area (Å²) in [6.07, 6.45) is 8.35. The molecule has 2 fully saturated rings. The molecular formula is C24H44N2O4. The first-order valence-corrected chi connectivity index (χ1v) is 11.8. The highest BCUT2D eigenvalue weighted by atomic mass is 16.3. The largest absolute Gasteiger partial charge is 0.388 e. The fourth-order valence-electron chi connectivity index (χ4n) is 5.61. The van der Waals surface area contributed by atoms with Crippen molar-refractivity contribution in [3.63, 3.8) is 0 Å². The number of hydrogen-bond acceptors (Lipinski definition) is 4. The molecule has 2 atom stereocenters. The first-order chi connectivity index (χ1) is 13.7. The van der Waals surface area contributed by atoms with Gasteiger partial charge < -0.3 is 20.8 Å². The van der Waals surface area contributed by atoms with Crippen molar-refractivity contribution < 1.29 is 19.8 Å². The van der Waals surface area contributed by atoms with Crippen LogP contribution in [0.25, 0.3) is 0 Å². The quantitative estimate of drug-likeness (QED) is 0.520. The van der Waals surface area contributed by atoms with Gasteiger partial charge in [0.15, 0.2) is 0 Å². The summed E-state index contributed by atoms with van der Waals surface area (Å²) in [7, 11) is 0. The van der Waals surface area contributed by atoms with E-state index in [-0.39, 0.29) is 0 Å². The molecule has 0 aliphatic heterocycles. The molecule has 2 aliphatic rings. The molecule has 2 saturated carbocycles. The predicted octanol–water partition coefficient (Wildman–Crippen LogP) is 3.44. The van der Waals surface area contributed by atoms with Crippen LogP contribution in [0.1, 0.15) is 106 Å². The molecule has 0 unspecified atom stereocenters. The lowest BCUT2D eigenvalue weighted by Crippen LogP contribution is -2.64. The molecule has 0 aromatic rings. The second-order valence-electron chi connectivity index (χ2n) is 11.9. The summed E-state index contributed by atoms with van der Waals surface area (Å²) < 4.78 is 0. The van der Waals surface area contributed by atoms with Crippen molar-refractivity contribution in [3.8, 4) is 0 Å². The fourth-order valence-corrected chi connectivity index (χ4v) is 5.61. The Kier molecular flexibility index (Phi) is 7.67. The predicted molar refractivity (Wildman–Crippen MR) is 119 cm³/mol. The lowest BCUT2D eigenvalue weighted by molar-refractivity contribution is -0.146. The van der Waals surface area contributed by atoms with Gasteiger partial charge in [0.1, 0.15) is 0 Å². The number of carbonyl (C=O) groups is 2. The summed E-state index contributed by atoms with van der Waals surface area (Å²) >= 11 is 0. The minimum Gasteiger partial charge on any atom is -0.388 e. The minimum atomic E-state index is -1.00. The van der Waals surface area contributed by atoms with Crippen LogP contribution in [0.2, 0.25) is 0 Å². The molecule has 2 rings (SSSR count). The average Bonchev–Trinajstić information content (AvgIpc) is 2.62. The molecule has 0 aromatic carbocycles. The maximum Gasteiger partial charge on any atom is 0.309 e. The second-order valence-corrected chi connectivity index (χ2v) is 11.9. The molecule has 2 amide bonds. The van der Waals surface area contributed by atoms with Crippen molar-refractivity contribution in [2.45, 2.75) is 129 Å². The topological polar surface area (TPSA) is 98.7 Å². The maximum absolute atomic E-state index is 12.9. The van der Waals surface area contributed by atoms with Gasteiger partial charge >= 0.3 is 11.8 Å². The molecule has 0 heterocycles. The van der Waals surface area contributed by atoms with Gasteiger partial charge in [-0.05, 0) is 36.5 Å². The lowest BCUT2D eigenvalue weighted by atomic mass is 9.69. The van der Waals surface area contributed by atoms with Gasteiger partial charge in [-0.15, -0.1) is 0 Å². The van der Waals surface area contributed by atoms with Crippen LogP contribution in [-0.2, 0) is 9.59 Å². The third-order valence-corrected chi connectivity index (χ3v) is 7.00. The SMILES string of the molecule is CC(C)(C)[C@@H](NC(=O)C(=O)N[C@H](C(C)(C)C)C1(O)CCCCC1)C1(O)CCCCC1. The Morgan fingerprint density at radius 2 is 0.900 bits per heavy atom. The second kappa shape index (κ2) is 9.15. The van der Waals surface area contributed by atoms with Crippen LogP contribution in [0.5, 0.6) is 0 Å². The van der Waals surface area contributed by atoms with Crippen LogP contribution >= 0.6 is 0 Å². The Labute approximate surface area is 182 Å². The average molecular weight is 425 g/mol. The van der Waals surface area contributed by atoms with Crippen LogP contribution in [0.3, 0.4) is 0 Å². The summed E-state index contributed by atoms with van der Waals surface area (Å²) in [5.41, 5.74) is -2.80. The van der Waals surface area contributed by atoms with E-state index < -0.39 is 45.9 Å². The van der Waals surface area contributed by atoms with Gasteiger partial charge in [0, 0.05) is 0 Å². The summed E-state index contributed by atoms with van der Waals surface area (Å²) in [5.74, 6) is -1.47. The standard InChI is InChI=1S/C24H44N2O4/c1-21(2,3)19(23(29)13-9-7-10-14-23)25-17(27)18(28)26-20(22(4,5)6)24(30)15-11-8-12-16-24/h19-20,29-30H,7-16H2,1-6H3,(H,25,27)(H,26,28)/t19-,20-/m1/s1. The maximum atomic E-state index is 12.9. The Bertz CT molecular complexity index is 552. The van der Waals surface area contributed by atoms with Crippen molar-refractivity contribution in [2.24, 2.45) is 10.8 Å². The molecule has 0 saturated heterocycles. The molecule has 0 spiro atoms. The summed E-state index contributed by atoms with van der Waals surface area (Å²) in [6, 6.07) is -1.04. The number of hydrogen-bond donors (Lipinski definition) is 4. The van der Waals surface area contributed by atoms with Gasteiger partial charge in [-0.1, -0.05) is 80.1 Å². The third kappa shape index (κ3) is 5.97. The first-order valence-electron chi connectivity index (χ1n) is 11.8. The van der Waals surface area contributed by atoms with E-state index >= 15 is 0 Å². The molecular weight excluding hydrogens is 380 g/mol. The van der Waals surface area contributed by atoms with Crippen molar-refractivity contribution in [3.05, 3.63) is 0 Å². The Morgan fingerprint density at radius 1 is 0.633 bits per heavy atom. The van der Waals surface area contributed by atoms with Crippen molar-refractivity contribution >= 4 is 11.8 Å². The van der Waals surface area contributed by atoms with Crippen LogP contribution in [-0.4, -0.2) is 45.3 Å². The number of carbonyl (C=O) groups excluding carboxylic acids is 2. The number of amides is 2. The van der Waals surface area contributed by atoms with Crippen LogP contribution in [0, 0.1) is 10.8 Å². The van der Waals surface area contributed by atoms with E-state index in [1.165, 1.54) is 0 Å². The zero-order valence-corrected chi connectivity index (χ0v) is 19.9. The first kappa shape index (κ1) is 25.1. The van der Waals surface area contributed by atoms with Gasteiger partial charge in [-0.3, -0.25) is 9.59 Å².